The van der Waals surface area contributed by atoms with Gasteiger partial charge in [-0.1, -0.05) is 0 Å². The lowest BCUT2D eigenvalue weighted by Crippen LogP contribution is -2.28. The van der Waals surface area contributed by atoms with Crippen molar-refractivity contribution >= 4 is 11.6 Å². The van der Waals surface area contributed by atoms with Crippen LogP contribution in [0.2, 0.25) is 0 Å². The molecule has 2 aromatic heterocycles. The fraction of sp³-hybridized carbons (Fsp3) is 0.250. The van der Waals surface area contributed by atoms with Crippen LogP contribution in [0.15, 0.2) is 37.1 Å². The van der Waals surface area contributed by atoms with Crippen LogP contribution in [0.25, 0.3) is 0 Å². The summed E-state index contributed by atoms with van der Waals surface area (Å²) in [6.07, 6.45) is 7.10. The van der Waals surface area contributed by atoms with Gasteiger partial charge in [0.2, 0.25) is 5.91 Å². The van der Waals surface area contributed by atoms with Crippen LogP contribution in [0.4, 0.5) is 5.69 Å². The first-order chi connectivity index (χ1) is 8.74. The monoisotopic (exact) mass is 245 g/mol. The number of carbonyl (C=O) groups is 1. The van der Waals surface area contributed by atoms with Crippen molar-refractivity contribution in [2.75, 3.05) is 12.3 Å². The highest BCUT2D eigenvalue weighted by molar-refractivity contribution is 5.78. The average Bonchev–Trinajstić information content (AvgIpc) is 2.85. The summed E-state index contributed by atoms with van der Waals surface area (Å²) in [5.74, 6) is -0.0487. The number of amides is 1. The van der Waals surface area contributed by atoms with E-state index in [0.29, 0.717) is 24.5 Å². The first kappa shape index (κ1) is 12.1. The minimum absolute atomic E-state index is 0.0487. The third-order valence-electron chi connectivity index (χ3n) is 2.44. The van der Waals surface area contributed by atoms with E-state index < -0.39 is 0 Å². The Morgan fingerprint density at radius 2 is 2.33 bits per heavy atom. The van der Waals surface area contributed by atoms with Gasteiger partial charge in [-0.15, -0.1) is 0 Å². The molecular formula is C12H15N5O. The second-order valence-corrected chi connectivity index (χ2v) is 3.91. The normalized spacial score (nSPS) is 10.2. The number of imidazole rings is 1. The molecule has 0 aromatic carbocycles. The molecule has 2 heterocycles. The molecule has 0 aliphatic rings. The Balaban J connectivity index is 1.73. The largest absolute Gasteiger partial charge is 0.397 e. The highest BCUT2D eigenvalue weighted by atomic mass is 16.1. The number of pyridine rings is 1. The number of nitrogen functional groups attached to an aromatic ring is 1. The molecular weight excluding hydrogens is 230 g/mol. The topological polar surface area (TPSA) is 85.8 Å². The summed E-state index contributed by atoms with van der Waals surface area (Å²) < 4.78 is 1.90. The fourth-order valence-corrected chi connectivity index (χ4v) is 1.51. The molecule has 0 unspecified atom stereocenters. The Morgan fingerprint density at radius 3 is 3.00 bits per heavy atom. The van der Waals surface area contributed by atoms with Crippen molar-refractivity contribution in [3.05, 3.63) is 42.7 Å². The zero-order valence-electron chi connectivity index (χ0n) is 9.91. The molecule has 6 nitrogen and oxygen atoms in total. The van der Waals surface area contributed by atoms with Gasteiger partial charge in [-0.25, -0.2) is 4.98 Å². The standard InChI is InChI=1S/C12H15N5O/c13-10-1-2-11(16-8-10)7-12(18)15-4-6-17-5-3-14-9-17/h1-3,5,8-9H,4,6-7,13H2,(H,15,18). The van der Waals surface area contributed by atoms with Crippen molar-refractivity contribution in [3.8, 4) is 0 Å². The SMILES string of the molecule is Nc1ccc(CC(=O)NCCn2ccnc2)nc1. The summed E-state index contributed by atoms with van der Waals surface area (Å²) in [6, 6.07) is 3.49. The maximum Gasteiger partial charge on any atom is 0.226 e. The highest BCUT2D eigenvalue weighted by Crippen LogP contribution is 2.01. The van der Waals surface area contributed by atoms with Crippen LogP contribution in [0.1, 0.15) is 5.69 Å². The molecule has 0 radical (unpaired) electrons. The Labute approximate surface area is 105 Å². The number of carbonyl (C=O) groups excluding carboxylic acids is 1. The average molecular weight is 245 g/mol. The highest BCUT2D eigenvalue weighted by Gasteiger charge is 2.03. The second-order valence-electron chi connectivity index (χ2n) is 3.91. The Bertz CT molecular complexity index is 492. The number of nitrogens with one attached hydrogen (secondary N) is 1. The van der Waals surface area contributed by atoms with E-state index in [-0.39, 0.29) is 12.3 Å². The Kier molecular flexibility index (Phi) is 3.90. The van der Waals surface area contributed by atoms with Gasteiger partial charge in [0, 0.05) is 31.2 Å². The van der Waals surface area contributed by atoms with Crippen molar-refractivity contribution in [1.82, 2.24) is 19.9 Å². The number of nitrogens with zero attached hydrogens (tertiary/aromatic N) is 3. The van der Waals surface area contributed by atoms with Crippen molar-refractivity contribution in [3.63, 3.8) is 0 Å². The maximum atomic E-state index is 11.6. The number of rotatable bonds is 5. The summed E-state index contributed by atoms with van der Waals surface area (Å²) in [5.41, 5.74) is 6.83. The molecule has 2 aromatic rings. The second kappa shape index (κ2) is 5.81. The summed E-state index contributed by atoms with van der Waals surface area (Å²) in [7, 11) is 0. The molecule has 94 valence electrons. The summed E-state index contributed by atoms with van der Waals surface area (Å²) >= 11 is 0. The van der Waals surface area contributed by atoms with E-state index >= 15 is 0 Å². The molecule has 0 aliphatic carbocycles. The maximum absolute atomic E-state index is 11.6. The lowest BCUT2D eigenvalue weighted by molar-refractivity contribution is -0.120. The Morgan fingerprint density at radius 1 is 1.44 bits per heavy atom. The van der Waals surface area contributed by atoms with Gasteiger partial charge in [-0.2, -0.15) is 0 Å². The predicted octanol–water partition coefficient (Wildman–Crippen LogP) is 0.219. The van der Waals surface area contributed by atoms with Crippen molar-refractivity contribution in [1.29, 1.82) is 0 Å². The minimum Gasteiger partial charge on any atom is -0.397 e. The molecule has 0 bridgehead atoms. The predicted molar refractivity (Wildman–Crippen MR) is 67.6 cm³/mol. The first-order valence-electron chi connectivity index (χ1n) is 5.67. The number of hydrogen-bond acceptors (Lipinski definition) is 4. The van der Waals surface area contributed by atoms with Crippen LogP contribution in [-0.2, 0) is 17.8 Å². The van der Waals surface area contributed by atoms with Crippen LogP contribution < -0.4 is 11.1 Å². The molecule has 18 heavy (non-hydrogen) atoms. The molecule has 3 N–H and O–H groups in total. The molecule has 0 saturated heterocycles. The van der Waals surface area contributed by atoms with Crippen LogP contribution in [-0.4, -0.2) is 27.0 Å². The van der Waals surface area contributed by atoms with Gasteiger partial charge in [0.15, 0.2) is 0 Å². The van der Waals surface area contributed by atoms with E-state index in [1.54, 1.807) is 30.9 Å². The zero-order chi connectivity index (χ0) is 12.8. The van der Waals surface area contributed by atoms with E-state index in [4.69, 9.17) is 5.73 Å². The molecule has 0 atom stereocenters. The molecule has 6 heteroatoms. The van der Waals surface area contributed by atoms with E-state index in [1.807, 2.05) is 10.8 Å². The third kappa shape index (κ3) is 3.58. The van der Waals surface area contributed by atoms with Gasteiger partial charge in [-0.05, 0) is 12.1 Å². The number of aromatic nitrogens is 3. The molecule has 0 saturated carbocycles. The molecule has 0 spiro atoms. The van der Waals surface area contributed by atoms with Gasteiger partial charge in [0.25, 0.3) is 0 Å². The van der Waals surface area contributed by atoms with Crippen LogP contribution in [0.3, 0.4) is 0 Å². The van der Waals surface area contributed by atoms with Gasteiger partial charge in [-0.3, -0.25) is 9.78 Å². The van der Waals surface area contributed by atoms with Gasteiger partial charge < -0.3 is 15.6 Å². The fourth-order valence-electron chi connectivity index (χ4n) is 1.51. The van der Waals surface area contributed by atoms with Crippen molar-refractivity contribution in [2.45, 2.75) is 13.0 Å². The number of nitrogens with two attached hydrogens (primary N) is 1. The van der Waals surface area contributed by atoms with E-state index in [2.05, 4.69) is 15.3 Å². The third-order valence-corrected chi connectivity index (χ3v) is 2.44. The quantitative estimate of drug-likeness (QED) is 0.789. The minimum atomic E-state index is -0.0487. The molecule has 0 fully saturated rings. The number of anilines is 1. The van der Waals surface area contributed by atoms with Gasteiger partial charge in [0.05, 0.1) is 24.6 Å². The summed E-state index contributed by atoms with van der Waals surface area (Å²) in [6.45, 7) is 1.28. The zero-order valence-corrected chi connectivity index (χ0v) is 9.91. The lowest BCUT2D eigenvalue weighted by atomic mass is 10.2. The van der Waals surface area contributed by atoms with Crippen molar-refractivity contribution < 1.29 is 4.79 Å². The van der Waals surface area contributed by atoms with E-state index in [1.165, 1.54) is 0 Å². The lowest BCUT2D eigenvalue weighted by Gasteiger charge is -2.05. The smallest absolute Gasteiger partial charge is 0.226 e. The first-order valence-corrected chi connectivity index (χ1v) is 5.67. The molecule has 1 amide bonds. The summed E-state index contributed by atoms with van der Waals surface area (Å²) in [5, 5.41) is 2.83. The van der Waals surface area contributed by atoms with E-state index in [0.717, 1.165) is 0 Å². The van der Waals surface area contributed by atoms with Crippen molar-refractivity contribution in [2.24, 2.45) is 0 Å². The molecule has 2 rings (SSSR count). The number of hydrogen-bond donors (Lipinski definition) is 2. The van der Waals surface area contributed by atoms with Crippen LogP contribution in [0, 0.1) is 0 Å². The Hall–Kier alpha value is -2.37. The van der Waals surface area contributed by atoms with E-state index in [9.17, 15) is 4.79 Å². The molecule has 0 aliphatic heterocycles. The van der Waals surface area contributed by atoms with Gasteiger partial charge >= 0.3 is 0 Å². The van der Waals surface area contributed by atoms with Crippen LogP contribution in [0.5, 0.6) is 0 Å². The summed E-state index contributed by atoms with van der Waals surface area (Å²) in [4.78, 5) is 19.6. The van der Waals surface area contributed by atoms with Crippen LogP contribution >= 0.6 is 0 Å². The van der Waals surface area contributed by atoms with Gasteiger partial charge in [0.1, 0.15) is 0 Å².